The van der Waals surface area contributed by atoms with Crippen LogP contribution in [0.5, 0.6) is 0 Å². The van der Waals surface area contributed by atoms with E-state index in [4.69, 9.17) is 0 Å². The van der Waals surface area contributed by atoms with Crippen LogP contribution >= 0.6 is 27.3 Å². The normalized spacial score (nSPS) is 13.6. The fourth-order valence-corrected chi connectivity index (χ4v) is 8.02. The van der Waals surface area contributed by atoms with E-state index in [9.17, 15) is 0 Å². The lowest BCUT2D eigenvalue weighted by molar-refractivity contribution is 0.660. The van der Waals surface area contributed by atoms with E-state index in [0.717, 1.165) is 4.47 Å². The van der Waals surface area contributed by atoms with Crippen molar-refractivity contribution in [2.24, 2.45) is 0 Å². The molecular formula is C37H26BrNS. The molecule has 40 heavy (non-hydrogen) atoms. The van der Waals surface area contributed by atoms with Gasteiger partial charge in [0.2, 0.25) is 0 Å². The molecule has 1 nitrogen and oxygen atoms in total. The first-order valence-electron chi connectivity index (χ1n) is 13.6. The van der Waals surface area contributed by atoms with Crippen molar-refractivity contribution in [3.63, 3.8) is 0 Å². The Balaban J connectivity index is 1.38. The number of hydrogen-bond acceptors (Lipinski definition) is 2. The molecule has 1 aliphatic rings. The maximum Gasteiger partial charge on any atom is 0.0540 e. The molecule has 0 radical (unpaired) electrons. The molecule has 192 valence electrons. The summed E-state index contributed by atoms with van der Waals surface area (Å²) < 4.78 is 3.72. The predicted molar refractivity (Wildman–Crippen MR) is 177 cm³/mol. The molecule has 8 rings (SSSR count). The van der Waals surface area contributed by atoms with Crippen LogP contribution in [0.4, 0.5) is 17.1 Å². The van der Waals surface area contributed by atoms with Crippen molar-refractivity contribution >= 4 is 75.3 Å². The SMILES string of the molecule is CC1(C)c2ccccc2-c2ccc(N(c3ccc4c(c3)sc3ccc(Br)cc34)c3cccc4ccccc34)cc21. The minimum atomic E-state index is -0.0603. The minimum absolute atomic E-state index is 0.0603. The standard InChI is InChI=1S/C37H26BrNS/c1-37(2)32-12-6-5-11-28(32)29-17-15-25(21-33(29)37)39(34-13-7-9-23-8-3-4-10-27(23)34)26-16-18-30-31-20-24(38)14-19-35(31)40-36(30)22-26/h3-22H,1-2H3. The third-order valence-electron chi connectivity index (χ3n) is 8.51. The van der Waals surface area contributed by atoms with Crippen LogP contribution in [0.1, 0.15) is 25.0 Å². The summed E-state index contributed by atoms with van der Waals surface area (Å²) in [5, 5.41) is 5.09. The van der Waals surface area contributed by atoms with Crippen molar-refractivity contribution in [1.29, 1.82) is 0 Å². The molecule has 0 atom stereocenters. The number of fused-ring (bicyclic) bond motifs is 7. The van der Waals surface area contributed by atoms with Gasteiger partial charge in [0.25, 0.3) is 0 Å². The van der Waals surface area contributed by atoms with Gasteiger partial charge in [0.15, 0.2) is 0 Å². The molecule has 0 aliphatic heterocycles. The van der Waals surface area contributed by atoms with Crippen LogP contribution in [0, 0.1) is 0 Å². The van der Waals surface area contributed by atoms with E-state index < -0.39 is 0 Å². The molecule has 1 heterocycles. The Morgan fingerprint density at radius 2 is 1.32 bits per heavy atom. The van der Waals surface area contributed by atoms with Crippen LogP contribution in [-0.4, -0.2) is 0 Å². The van der Waals surface area contributed by atoms with E-state index in [1.54, 1.807) is 0 Å². The number of nitrogens with zero attached hydrogens (tertiary/aromatic N) is 1. The van der Waals surface area contributed by atoms with Crippen LogP contribution in [-0.2, 0) is 5.41 Å². The predicted octanol–water partition coefficient (Wildman–Crippen LogP) is 11.7. The van der Waals surface area contributed by atoms with Gasteiger partial charge in [0.1, 0.15) is 0 Å². The Hall–Kier alpha value is -3.92. The molecule has 0 saturated carbocycles. The Labute approximate surface area is 246 Å². The zero-order chi connectivity index (χ0) is 27.0. The summed E-state index contributed by atoms with van der Waals surface area (Å²) in [5.74, 6) is 0. The lowest BCUT2D eigenvalue weighted by atomic mass is 9.82. The fraction of sp³-hybridized carbons (Fsp3) is 0.0811. The molecular weight excluding hydrogens is 570 g/mol. The largest absolute Gasteiger partial charge is 0.310 e. The Morgan fingerprint density at radius 1 is 0.575 bits per heavy atom. The molecule has 3 heteroatoms. The first-order valence-corrected chi connectivity index (χ1v) is 15.2. The lowest BCUT2D eigenvalue weighted by Gasteiger charge is -2.29. The molecule has 7 aromatic rings. The van der Waals surface area contributed by atoms with Crippen molar-refractivity contribution < 1.29 is 0 Å². The van der Waals surface area contributed by atoms with Gasteiger partial charge in [0, 0.05) is 46.8 Å². The van der Waals surface area contributed by atoms with Gasteiger partial charge in [0.05, 0.1) is 5.69 Å². The molecule has 1 aromatic heterocycles. The second kappa shape index (κ2) is 8.79. The van der Waals surface area contributed by atoms with Crippen LogP contribution in [0.25, 0.3) is 42.1 Å². The number of halogens is 1. The van der Waals surface area contributed by atoms with Crippen LogP contribution in [0.15, 0.2) is 126 Å². The second-order valence-corrected chi connectivity index (χ2v) is 13.2. The summed E-state index contributed by atoms with van der Waals surface area (Å²) >= 11 is 5.53. The van der Waals surface area contributed by atoms with Gasteiger partial charge in [-0.15, -0.1) is 11.3 Å². The van der Waals surface area contributed by atoms with E-state index in [2.05, 4.69) is 156 Å². The quantitative estimate of drug-likeness (QED) is 0.196. The molecule has 0 saturated heterocycles. The van der Waals surface area contributed by atoms with Gasteiger partial charge in [-0.05, 0) is 76.2 Å². The molecule has 0 unspecified atom stereocenters. The highest BCUT2D eigenvalue weighted by molar-refractivity contribution is 9.10. The van der Waals surface area contributed by atoms with E-state index in [-0.39, 0.29) is 5.41 Å². The number of anilines is 3. The Morgan fingerprint density at radius 3 is 2.25 bits per heavy atom. The van der Waals surface area contributed by atoms with Crippen molar-refractivity contribution in [3.8, 4) is 11.1 Å². The fourth-order valence-electron chi connectivity index (χ4n) is 6.54. The second-order valence-electron chi connectivity index (χ2n) is 11.2. The summed E-state index contributed by atoms with van der Waals surface area (Å²) in [6, 6.07) is 44.7. The average Bonchev–Trinajstić information content (AvgIpc) is 3.45. The molecule has 0 N–H and O–H groups in total. The maximum absolute atomic E-state index is 3.67. The molecule has 0 amide bonds. The van der Waals surface area contributed by atoms with Gasteiger partial charge in [-0.1, -0.05) is 103 Å². The van der Waals surface area contributed by atoms with Gasteiger partial charge in [-0.2, -0.15) is 0 Å². The molecule has 0 spiro atoms. The van der Waals surface area contributed by atoms with E-state index in [1.165, 1.54) is 70.3 Å². The van der Waals surface area contributed by atoms with Crippen molar-refractivity contribution in [1.82, 2.24) is 0 Å². The number of rotatable bonds is 3. The maximum atomic E-state index is 3.67. The topological polar surface area (TPSA) is 3.24 Å². The molecule has 6 aromatic carbocycles. The zero-order valence-corrected chi connectivity index (χ0v) is 24.7. The summed E-state index contributed by atoms with van der Waals surface area (Å²) in [4.78, 5) is 2.45. The number of thiophene rings is 1. The third kappa shape index (κ3) is 3.51. The molecule has 0 fully saturated rings. The number of hydrogen-bond donors (Lipinski definition) is 0. The molecule has 1 aliphatic carbocycles. The highest BCUT2D eigenvalue weighted by Gasteiger charge is 2.35. The minimum Gasteiger partial charge on any atom is -0.310 e. The van der Waals surface area contributed by atoms with Crippen molar-refractivity contribution in [2.45, 2.75) is 19.3 Å². The lowest BCUT2D eigenvalue weighted by Crippen LogP contribution is -2.16. The van der Waals surface area contributed by atoms with Gasteiger partial charge in [-0.25, -0.2) is 0 Å². The van der Waals surface area contributed by atoms with Gasteiger partial charge in [-0.3, -0.25) is 0 Å². The van der Waals surface area contributed by atoms with Gasteiger partial charge >= 0.3 is 0 Å². The van der Waals surface area contributed by atoms with Crippen LogP contribution < -0.4 is 4.90 Å². The first-order chi connectivity index (χ1) is 19.5. The third-order valence-corrected chi connectivity index (χ3v) is 10.1. The van der Waals surface area contributed by atoms with Crippen molar-refractivity contribution in [2.75, 3.05) is 4.90 Å². The van der Waals surface area contributed by atoms with E-state index >= 15 is 0 Å². The molecule has 0 bridgehead atoms. The number of benzene rings is 6. The van der Waals surface area contributed by atoms with E-state index in [0.29, 0.717) is 0 Å². The first kappa shape index (κ1) is 23.9. The van der Waals surface area contributed by atoms with Gasteiger partial charge < -0.3 is 4.90 Å². The zero-order valence-electron chi connectivity index (χ0n) is 22.3. The monoisotopic (exact) mass is 595 g/mol. The summed E-state index contributed by atoms with van der Waals surface area (Å²) in [6.45, 7) is 4.70. The van der Waals surface area contributed by atoms with Crippen LogP contribution in [0.3, 0.4) is 0 Å². The summed E-state index contributed by atoms with van der Waals surface area (Å²) in [6.07, 6.45) is 0. The Bertz CT molecular complexity index is 2110. The Kier molecular flexibility index (Phi) is 5.26. The highest BCUT2D eigenvalue weighted by Crippen LogP contribution is 2.51. The van der Waals surface area contributed by atoms with Crippen molar-refractivity contribution in [3.05, 3.63) is 137 Å². The summed E-state index contributed by atoms with van der Waals surface area (Å²) in [5.41, 5.74) is 8.95. The van der Waals surface area contributed by atoms with Crippen LogP contribution in [0.2, 0.25) is 0 Å². The summed E-state index contributed by atoms with van der Waals surface area (Å²) in [7, 11) is 0. The smallest absolute Gasteiger partial charge is 0.0540 e. The average molecular weight is 597 g/mol. The van der Waals surface area contributed by atoms with E-state index in [1.807, 2.05) is 11.3 Å². The highest BCUT2D eigenvalue weighted by atomic mass is 79.9.